The van der Waals surface area contributed by atoms with Crippen molar-refractivity contribution in [3.8, 4) is 11.8 Å². The number of hydrogen-bond donors (Lipinski definition) is 0. The summed E-state index contributed by atoms with van der Waals surface area (Å²) in [6.45, 7) is 3.77. The first-order valence-corrected chi connectivity index (χ1v) is 1.95. The Morgan fingerprint density at radius 1 is 1.50 bits per heavy atom. The lowest BCUT2D eigenvalue weighted by molar-refractivity contribution is 1.75. The van der Waals surface area contributed by atoms with Crippen LogP contribution in [0.4, 0.5) is 0 Å². The van der Waals surface area contributed by atoms with Crippen molar-refractivity contribution >= 4 is 0 Å². The van der Waals surface area contributed by atoms with Crippen LogP contribution in [-0.2, 0) is 0 Å². The Labute approximate surface area is 38.9 Å². The fraction of sp³-hybridized carbons (Fsp3) is 0.333. The Morgan fingerprint density at radius 3 is 2.33 bits per heavy atom. The van der Waals surface area contributed by atoms with Crippen molar-refractivity contribution in [1.29, 1.82) is 0 Å². The molecule has 0 unspecified atom stereocenters. The molecule has 0 spiro atoms. The summed E-state index contributed by atoms with van der Waals surface area (Å²) in [6.07, 6.45) is 3.73. The van der Waals surface area contributed by atoms with Crippen molar-refractivity contribution in [2.24, 2.45) is 0 Å². The minimum absolute atomic E-state index is 1.82. The van der Waals surface area contributed by atoms with Crippen molar-refractivity contribution in [1.82, 2.24) is 0 Å². The summed E-state index contributed by atoms with van der Waals surface area (Å²) < 4.78 is 0. The fourth-order valence-corrected chi connectivity index (χ4v) is 0.167. The molecule has 32 valence electrons. The zero-order chi connectivity index (χ0) is 4.83. The van der Waals surface area contributed by atoms with Gasteiger partial charge in [0.2, 0.25) is 0 Å². The molecule has 0 heterocycles. The Kier molecular flexibility index (Phi) is 3.80. The standard InChI is InChI=1S/C6H8/c1-3-5-6-4-2/h3,5H,1-2H3. The summed E-state index contributed by atoms with van der Waals surface area (Å²) >= 11 is 0. The zero-order valence-electron chi connectivity index (χ0n) is 4.15. The van der Waals surface area contributed by atoms with Crippen LogP contribution in [0.3, 0.4) is 0 Å². The van der Waals surface area contributed by atoms with Gasteiger partial charge in [0, 0.05) is 0 Å². The van der Waals surface area contributed by atoms with E-state index in [9.17, 15) is 0 Å². The summed E-state index contributed by atoms with van der Waals surface area (Å²) in [6, 6.07) is 0. The minimum Gasteiger partial charge on any atom is -0.102 e. The lowest BCUT2D eigenvalue weighted by atomic mass is 10.5. The molecular formula is C6H8. The van der Waals surface area contributed by atoms with E-state index in [-0.39, 0.29) is 0 Å². The van der Waals surface area contributed by atoms with E-state index in [1.807, 2.05) is 26.0 Å². The van der Waals surface area contributed by atoms with E-state index in [0.29, 0.717) is 0 Å². The molecule has 0 rings (SSSR count). The molecule has 0 N–H and O–H groups in total. The first-order chi connectivity index (χ1) is 2.91. The molecule has 0 heteroatoms. The molecule has 0 aliphatic heterocycles. The van der Waals surface area contributed by atoms with Crippen LogP contribution >= 0.6 is 0 Å². The van der Waals surface area contributed by atoms with Gasteiger partial charge in [-0.1, -0.05) is 12.0 Å². The van der Waals surface area contributed by atoms with Gasteiger partial charge in [0.05, 0.1) is 0 Å². The van der Waals surface area contributed by atoms with Crippen LogP contribution in [0.25, 0.3) is 0 Å². The van der Waals surface area contributed by atoms with E-state index in [0.717, 1.165) is 0 Å². The maximum absolute atomic E-state index is 2.77. The largest absolute Gasteiger partial charge is 0.102 e. The van der Waals surface area contributed by atoms with Crippen LogP contribution < -0.4 is 0 Å². The van der Waals surface area contributed by atoms with E-state index in [4.69, 9.17) is 0 Å². The van der Waals surface area contributed by atoms with Gasteiger partial charge in [-0.3, -0.25) is 0 Å². The quantitative estimate of drug-likeness (QED) is 0.387. The molecule has 0 saturated heterocycles. The Morgan fingerprint density at radius 2 is 2.17 bits per heavy atom. The highest BCUT2D eigenvalue weighted by Crippen LogP contribution is 1.61. The van der Waals surface area contributed by atoms with Gasteiger partial charge in [-0.05, 0) is 19.9 Å². The van der Waals surface area contributed by atoms with Gasteiger partial charge in [0.25, 0.3) is 0 Å². The zero-order valence-corrected chi connectivity index (χ0v) is 4.15. The average Bonchev–Trinajstić information content (AvgIpc) is 1.61. The molecule has 0 fully saturated rings. The molecule has 0 aromatic heterocycles. The third-order valence-electron chi connectivity index (χ3n) is 0.394. The molecule has 0 aliphatic rings. The van der Waals surface area contributed by atoms with Crippen molar-refractivity contribution < 1.29 is 0 Å². The third-order valence-corrected chi connectivity index (χ3v) is 0.394. The number of allylic oxidation sites excluding steroid dienone is 2. The average molecular weight is 80.1 g/mol. The van der Waals surface area contributed by atoms with Gasteiger partial charge >= 0.3 is 0 Å². The molecule has 6 heavy (non-hydrogen) atoms. The van der Waals surface area contributed by atoms with E-state index < -0.39 is 0 Å². The lowest BCUT2D eigenvalue weighted by Crippen LogP contribution is -1.41. The van der Waals surface area contributed by atoms with Crippen molar-refractivity contribution in [3.05, 3.63) is 12.2 Å². The molecule has 0 saturated carbocycles. The second kappa shape index (κ2) is 4.30. The molecule has 0 aliphatic carbocycles. The van der Waals surface area contributed by atoms with E-state index in [1.54, 1.807) is 0 Å². The highest BCUT2D eigenvalue weighted by atomic mass is 13.5. The molecule has 0 aromatic carbocycles. The summed E-state index contributed by atoms with van der Waals surface area (Å²) in [5.74, 6) is 5.50. The molecule has 0 amide bonds. The predicted octanol–water partition coefficient (Wildman–Crippen LogP) is 1.59. The second-order valence-electron chi connectivity index (χ2n) is 0.894. The van der Waals surface area contributed by atoms with Crippen LogP contribution in [0.2, 0.25) is 0 Å². The minimum atomic E-state index is 1.82. The van der Waals surface area contributed by atoms with Gasteiger partial charge in [-0.15, -0.1) is 5.92 Å². The third kappa shape index (κ3) is 3.30. The first-order valence-electron chi connectivity index (χ1n) is 1.95. The van der Waals surface area contributed by atoms with Crippen LogP contribution in [0.1, 0.15) is 13.8 Å². The van der Waals surface area contributed by atoms with E-state index >= 15 is 0 Å². The monoisotopic (exact) mass is 80.1 g/mol. The summed E-state index contributed by atoms with van der Waals surface area (Å²) in [7, 11) is 0. The molecule has 0 aromatic rings. The molecule has 0 bridgehead atoms. The Hall–Kier alpha value is -0.700. The molecular weight excluding hydrogens is 72.1 g/mol. The number of rotatable bonds is 0. The maximum atomic E-state index is 2.77. The van der Waals surface area contributed by atoms with Crippen LogP contribution in [0, 0.1) is 11.8 Å². The Bertz CT molecular complexity index is 88.3. The van der Waals surface area contributed by atoms with Crippen molar-refractivity contribution in [2.45, 2.75) is 13.8 Å². The van der Waals surface area contributed by atoms with Crippen molar-refractivity contribution in [2.75, 3.05) is 0 Å². The topological polar surface area (TPSA) is 0 Å². The normalized spacial score (nSPS) is 7.67. The Balaban J connectivity index is 3.24. The summed E-state index contributed by atoms with van der Waals surface area (Å²) in [5, 5.41) is 0. The highest BCUT2D eigenvalue weighted by molar-refractivity contribution is 5.12. The predicted molar refractivity (Wildman–Crippen MR) is 28.3 cm³/mol. The van der Waals surface area contributed by atoms with Crippen LogP contribution in [0.5, 0.6) is 0 Å². The second-order valence-corrected chi connectivity index (χ2v) is 0.894. The van der Waals surface area contributed by atoms with E-state index in [2.05, 4.69) is 11.8 Å². The molecule has 0 radical (unpaired) electrons. The molecule has 0 atom stereocenters. The van der Waals surface area contributed by atoms with Gasteiger partial charge in [-0.2, -0.15) is 0 Å². The SMILES string of the molecule is CC#CC=CC. The highest BCUT2D eigenvalue weighted by Gasteiger charge is 1.45. The smallest absolute Gasteiger partial charge is 0.00235 e. The maximum Gasteiger partial charge on any atom is -0.00235 e. The first kappa shape index (κ1) is 5.30. The van der Waals surface area contributed by atoms with Gasteiger partial charge in [0.1, 0.15) is 0 Å². The van der Waals surface area contributed by atoms with Crippen LogP contribution in [0.15, 0.2) is 12.2 Å². The van der Waals surface area contributed by atoms with Crippen molar-refractivity contribution in [3.63, 3.8) is 0 Å². The lowest BCUT2D eigenvalue weighted by Gasteiger charge is -1.56. The van der Waals surface area contributed by atoms with Crippen LogP contribution in [-0.4, -0.2) is 0 Å². The number of hydrogen-bond acceptors (Lipinski definition) is 0. The van der Waals surface area contributed by atoms with Gasteiger partial charge in [0.15, 0.2) is 0 Å². The van der Waals surface area contributed by atoms with E-state index in [1.165, 1.54) is 0 Å². The molecule has 0 nitrogen and oxygen atoms in total. The van der Waals surface area contributed by atoms with Gasteiger partial charge < -0.3 is 0 Å². The summed E-state index contributed by atoms with van der Waals surface area (Å²) in [5.41, 5.74) is 0. The summed E-state index contributed by atoms with van der Waals surface area (Å²) in [4.78, 5) is 0. The fourth-order valence-electron chi connectivity index (χ4n) is 0.167. The van der Waals surface area contributed by atoms with Gasteiger partial charge in [-0.25, -0.2) is 0 Å².